The lowest BCUT2D eigenvalue weighted by atomic mass is 10.1. The first-order valence-corrected chi connectivity index (χ1v) is 11.7. The number of nitrogens with zero attached hydrogens (tertiary/aromatic N) is 2. The number of carbonyl (C=O) groups excluding carboxylic acids is 1. The first kappa shape index (κ1) is 23.2. The highest BCUT2D eigenvalue weighted by Gasteiger charge is 2.17. The SMILES string of the molecule is COc1ccc(-c2ccccc2)c2sc(NC(=O)c3ccc(CN4CCCC4)cc3)nc12.Cl. The maximum atomic E-state index is 12.9. The number of nitrogens with one attached hydrogen (secondary N) is 1. The van der Waals surface area contributed by atoms with Gasteiger partial charge in [-0.2, -0.15) is 0 Å². The van der Waals surface area contributed by atoms with Crippen molar-refractivity contribution in [2.45, 2.75) is 19.4 Å². The second-order valence-corrected chi connectivity index (χ2v) is 9.01. The molecule has 0 saturated carbocycles. The van der Waals surface area contributed by atoms with Gasteiger partial charge < -0.3 is 4.74 Å². The number of amides is 1. The van der Waals surface area contributed by atoms with E-state index < -0.39 is 0 Å². The second kappa shape index (κ2) is 10.3. The Labute approximate surface area is 203 Å². The van der Waals surface area contributed by atoms with E-state index in [9.17, 15) is 4.79 Å². The maximum absolute atomic E-state index is 12.9. The Kier molecular flexibility index (Phi) is 7.28. The quantitative estimate of drug-likeness (QED) is 0.355. The predicted molar refractivity (Wildman–Crippen MR) is 138 cm³/mol. The average molecular weight is 480 g/mol. The molecule has 1 fully saturated rings. The number of hydrogen-bond donors (Lipinski definition) is 1. The number of methoxy groups -OCH3 is 1. The van der Waals surface area contributed by atoms with Gasteiger partial charge in [0.25, 0.3) is 5.91 Å². The number of ether oxygens (including phenoxy) is 1. The number of benzene rings is 3. The molecule has 33 heavy (non-hydrogen) atoms. The van der Waals surface area contributed by atoms with Crippen molar-refractivity contribution in [1.82, 2.24) is 9.88 Å². The molecule has 1 N–H and O–H groups in total. The molecule has 5 rings (SSSR count). The fraction of sp³-hybridized carbons (Fsp3) is 0.231. The van der Waals surface area contributed by atoms with Crippen LogP contribution in [0.1, 0.15) is 28.8 Å². The van der Waals surface area contributed by atoms with Crippen LogP contribution in [0.4, 0.5) is 5.13 Å². The molecule has 2 heterocycles. The Morgan fingerprint density at radius 3 is 2.45 bits per heavy atom. The van der Waals surface area contributed by atoms with Gasteiger partial charge in [0.15, 0.2) is 5.13 Å². The average Bonchev–Trinajstić information content (AvgIpc) is 3.49. The third kappa shape index (κ3) is 5.03. The summed E-state index contributed by atoms with van der Waals surface area (Å²) >= 11 is 1.47. The van der Waals surface area contributed by atoms with Crippen molar-refractivity contribution in [1.29, 1.82) is 0 Å². The molecule has 0 aliphatic carbocycles. The normalized spacial score (nSPS) is 13.6. The van der Waals surface area contributed by atoms with Crippen LogP contribution >= 0.6 is 23.7 Å². The predicted octanol–water partition coefficient (Wildman–Crippen LogP) is 6.24. The Morgan fingerprint density at radius 1 is 1.03 bits per heavy atom. The van der Waals surface area contributed by atoms with Crippen LogP contribution in [-0.2, 0) is 6.54 Å². The van der Waals surface area contributed by atoms with Crippen molar-refractivity contribution >= 4 is 45.0 Å². The molecule has 1 saturated heterocycles. The van der Waals surface area contributed by atoms with E-state index >= 15 is 0 Å². The second-order valence-electron chi connectivity index (χ2n) is 8.01. The van der Waals surface area contributed by atoms with Crippen molar-refractivity contribution in [3.05, 3.63) is 77.9 Å². The fourth-order valence-electron chi connectivity index (χ4n) is 4.18. The standard InChI is InChI=1S/C26H25N3O2S.ClH/c1-31-22-14-13-21(19-7-3-2-4-8-19)24-23(22)27-26(32-24)28-25(30)20-11-9-18(10-12-20)17-29-15-5-6-16-29;/h2-4,7-14H,5-6,15-17H2,1H3,(H,27,28,30);1H. The number of thiazole rings is 1. The molecule has 7 heteroatoms. The van der Waals surface area contributed by atoms with Crippen LogP contribution in [-0.4, -0.2) is 36.0 Å². The molecule has 1 aliphatic rings. The van der Waals surface area contributed by atoms with E-state index in [1.807, 2.05) is 54.6 Å². The third-order valence-corrected chi connectivity index (χ3v) is 6.86. The molecular formula is C26H26ClN3O2S. The smallest absolute Gasteiger partial charge is 0.257 e. The van der Waals surface area contributed by atoms with Crippen molar-refractivity contribution < 1.29 is 9.53 Å². The van der Waals surface area contributed by atoms with E-state index in [0.29, 0.717) is 16.4 Å². The molecule has 4 aromatic rings. The van der Waals surface area contributed by atoms with Gasteiger partial charge in [0.05, 0.1) is 11.8 Å². The van der Waals surface area contributed by atoms with E-state index in [4.69, 9.17) is 4.74 Å². The Hall–Kier alpha value is -2.93. The molecule has 0 unspecified atom stereocenters. The van der Waals surface area contributed by atoms with Crippen LogP contribution < -0.4 is 10.1 Å². The summed E-state index contributed by atoms with van der Waals surface area (Å²) in [6.45, 7) is 3.27. The number of aromatic nitrogens is 1. The monoisotopic (exact) mass is 479 g/mol. The number of hydrogen-bond acceptors (Lipinski definition) is 5. The zero-order valence-corrected chi connectivity index (χ0v) is 20.0. The van der Waals surface area contributed by atoms with Crippen molar-refractivity contribution in [3.8, 4) is 16.9 Å². The van der Waals surface area contributed by atoms with Gasteiger partial charge in [-0.1, -0.05) is 53.8 Å². The summed E-state index contributed by atoms with van der Waals surface area (Å²) in [5.41, 5.74) is 4.81. The summed E-state index contributed by atoms with van der Waals surface area (Å²) in [6.07, 6.45) is 2.55. The number of fused-ring (bicyclic) bond motifs is 1. The van der Waals surface area contributed by atoms with E-state index in [2.05, 4.69) is 27.3 Å². The van der Waals surface area contributed by atoms with E-state index in [-0.39, 0.29) is 18.3 Å². The molecule has 0 spiro atoms. The van der Waals surface area contributed by atoms with Crippen molar-refractivity contribution in [2.24, 2.45) is 0 Å². The summed E-state index contributed by atoms with van der Waals surface area (Å²) < 4.78 is 6.51. The van der Waals surface area contributed by atoms with Gasteiger partial charge in [0.1, 0.15) is 11.3 Å². The van der Waals surface area contributed by atoms with Crippen molar-refractivity contribution in [3.63, 3.8) is 0 Å². The van der Waals surface area contributed by atoms with Crippen LogP contribution in [0.3, 0.4) is 0 Å². The minimum atomic E-state index is -0.156. The lowest BCUT2D eigenvalue weighted by Gasteiger charge is -2.14. The topological polar surface area (TPSA) is 54.5 Å². The lowest BCUT2D eigenvalue weighted by Crippen LogP contribution is -2.18. The van der Waals surface area contributed by atoms with Gasteiger partial charge in [-0.25, -0.2) is 4.98 Å². The summed E-state index contributed by atoms with van der Waals surface area (Å²) in [7, 11) is 1.64. The van der Waals surface area contributed by atoms with Crippen LogP contribution in [0.2, 0.25) is 0 Å². The summed E-state index contributed by atoms with van der Waals surface area (Å²) in [5, 5.41) is 3.54. The fourth-order valence-corrected chi connectivity index (χ4v) is 5.19. The van der Waals surface area contributed by atoms with Gasteiger partial charge in [-0.05, 0) is 61.3 Å². The summed E-state index contributed by atoms with van der Waals surface area (Å²) in [4.78, 5) is 20.0. The van der Waals surface area contributed by atoms with E-state index in [1.165, 1.54) is 29.7 Å². The third-order valence-electron chi connectivity index (χ3n) is 5.85. The molecule has 1 amide bonds. The van der Waals surface area contributed by atoms with Gasteiger partial charge in [0.2, 0.25) is 0 Å². The number of anilines is 1. The summed E-state index contributed by atoms with van der Waals surface area (Å²) in [6, 6.07) is 22.0. The number of rotatable bonds is 6. The van der Waals surface area contributed by atoms with Crippen molar-refractivity contribution in [2.75, 3.05) is 25.5 Å². The van der Waals surface area contributed by atoms with Crippen LogP contribution in [0.15, 0.2) is 66.7 Å². The highest BCUT2D eigenvalue weighted by molar-refractivity contribution is 7.23. The molecule has 5 nitrogen and oxygen atoms in total. The zero-order valence-electron chi connectivity index (χ0n) is 18.4. The molecule has 0 bridgehead atoms. The van der Waals surface area contributed by atoms with Gasteiger partial charge in [-0.3, -0.25) is 15.0 Å². The van der Waals surface area contributed by atoms with Crippen LogP contribution in [0.5, 0.6) is 5.75 Å². The minimum Gasteiger partial charge on any atom is -0.494 e. The molecule has 3 aromatic carbocycles. The lowest BCUT2D eigenvalue weighted by molar-refractivity contribution is 0.102. The molecular weight excluding hydrogens is 454 g/mol. The Morgan fingerprint density at radius 2 is 1.76 bits per heavy atom. The molecule has 1 aromatic heterocycles. The Balaban J connectivity index is 0.00000259. The van der Waals surface area contributed by atoms with E-state index in [1.54, 1.807) is 7.11 Å². The zero-order chi connectivity index (χ0) is 21.9. The molecule has 0 atom stereocenters. The maximum Gasteiger partial charge on any atom is 0.257 e. The largest absolute Gasteiger partial charge is 0.494 e. The van der Waals surface area contributed by atoms with Gasteiger partial charge in [0, 0.05) is 17.7 Å². The molecule has 0 radical (unpaired) electrons. The highest BCUT2D eigenvalue weighted by atomic mass is 35.5. The van der Waals surface area contributed by atoms with Gasteiger partial charge in [-0.15, -0.1) is 12.4 Å². The number of likely N-dealkylation sites (tertiary alicyclic amines) is 1. The summed E-state index contributed by atoms with van der Waals surface area (Å²) in [5.74, 6) is 0.541. The Bertz CT molecular complexity index is 1240. The first-order valence-electron chi connectivity index (χ1n) is 10.9. The van der Waals surface area contributed by atoms with Crippen LogP contribution in [0, 0.1) is 0 Å². The highest BCUT2D eigenvalue weighted by Crippen LogP contribution is 2.39. The van der Waals surface area contributed by atoms with Crippen LogP contribution in [0.25, 0.3) is 21.3 Å². The molecule has 1 aliphatic heterocycles. The number of carbonyl (C=O) groups is 1. The first-order chi connectivity index (χ1) is 15.7. The molecule has 170 valence electrons. The van der Waals surface area contributed by atoms with Gasteiger partial charge >= 0.3 is 0 Å². The van der Waals surface area contributed by atoms with E-state index in [0.717, 1.165) is 41.0 Å². The minimum absolute atomic E-state index is 0. The number of halogens is 1.